The van der Waals surface area contributed by atoms with Gasteiger partial charge in [-0.3, -0.25) is 19.0 Å². The average molecular weight is 534 g/mol. The average Bonchev–Trinajstić information content (AvgIpc) is 3.21. The van der Waals surface area contributed by atoms with Crippen molar-refractivity contribution in [3.63, 3.8) is 0 Å². The number of nitrogens with one attached hydrogen (secondary N) is 3. The first-order valence-corrected chi connectivity index (χ1v) is 12.9. The molecule has 1 aromatic heterocycles. The van der Waals surface area contributed by atoms with Gasteiger partial charge in [-0.05, 0) is 30.7 Å². The highest BCUT2D eigenvalue weighted by atomic mass is 32.1. The number of aliphatic hydroxyl groups excluding tert-OH is 1. The van der Waals surface area contributed by atoms with Gasteiger partial charge in [-0.1, -0.05) is 57.2 Å². The summed E-state index contributed by atoms with van der Waals surface area (Å²) in [6.45, 7) is 7.13. The van der Waals surface area contributed by atoms with Crippen LogP contribution in [0.5, 0.6) is 0 Å². The minimum Gasteiger partial charge on any atom is -0.394 e. The van der Waals surface area contributed by atoms with Crippen molar-refractivity contribution < 1.29 is 14.7 Å². The molecule has 1 atom stereocenters. The van der Waals surface area contributed by atoms with E-state index in [1.807, 2.05) is 32.9 Å². The first-order valence-electron chi connectivity index (χ1n) is 12.1. The second kappa shape index (κ2) is 12.4. The van der Waals surface area contributed by atoms with Gasteiger partial charge in [-0.25, -0.2) is 0 Å². The molecule has 10 heteroatoms. The predicted molar refractivity (Wildman–Crippen MR) is 150 cm³/mol. The van der Waals surface area contributed by atoms with Gasteiger partial charge in [0.15, 0.2) is 5.57 Å². The Kier molecular flexibility index (Phi) is 9.23. The Morgan fingerprint density at radius 1 is 1.13 bits per heavy atom. The molecular formula is C28H31N5O4S. The van der Waals surface area contributed by atoms with Crippen molar-refractivity contribution in [2.75, 3.05) is 17.2 Å². The van der Waals surface area contributed by atoms with Crippen LogP contribution in [0, 0.1) is 16.7 Å². The van der Waals surface area contributed by atoms with Gasteiger partial charge < -0.3 is 21.1 Å². The number of benzene rings is 2. The monoisotopic (exact) mass is 533 g/mol. The smallest absolute Gasteiger partial charge is 0.270 e. The van der Waals surface area contributed by atoms with Gasteiger partial charge in [0.25, 0.3) is 11.5 Å². The van der Waals surface area contributed by atoms with Crippen LogP contribution in [0.1, 0.15) is 39.3 Å². The fourth-order valence-electron chi connectivity index (χ4n) is 3.49. The van der Waals surface area contributed by atoms with Gasteiger partial charge in [-0.2, -0.15) is 5.26 Å². The van der Waals surface area contributed by atoms with Crippen molar-refractivity contribution in [2.24, 2.45) is 5.41 Å². The van der Waals surface area contributed by atoms with E-state index in [-0.39, 0.29) is 34.9 Å². The fraction of sp³-hybridized carbons (Fsp3) is 0.286. The van der Waals surface area contributed by atoms with E-state index in [1.54, 1.807) is 55.5 Å². The summed E-state index contributed by atoms with van der Waals surface area (Å²) in [5.41, 5.74) is 0.834. The van der Waals surface area contributed by atoms with E-state index in [0.717, 1.165) is 11.3 Å². The summed E-state index contributed by atoms with van der Waals surface area (Å²) in [5, 5.41) is 28.2. The molecule has 9 nitrogen and oxygen atoms in total. The van der Waals surface area contributed by atoms with Gasteiger partial charge in [0.1, 0.15) is 15.3 Å². The molecule has 0 unspecified atom stereocenters. The molecule has 198 valence electrons. The zero-order chi connectivity index (χ0) is 27.9. The number of amides is 2. The van der Waals surface area contributed by atoms with Crippen LogP contribution in [-0.2, 0) is 16.1 Å². The Labute approximate surface area is 224 Å². The Morgan fingerprint density at radius 2 is 1.82 bits per heavy atom. The second-order valence-electron chi connectivity index (χ2n) is 9.50. The van der Waals surface area contributed by atoms with Crippen LogP contribution >= 0.6 is 11.3 Å². The number of nitriles is 1. The van der Waals surface area contributed by atoms with Crippen LogP contribution in [-0.4, -0.2) is 28.1 Å². The normalized spacial score (nSPS) is 13.3. The van der Waals surface area contributed by atoms with Crippen molar-refractivity contribution in [1.29, 1.82) is 5.26 Å². The van der Waals surface area contributed by atoms with Crippen molar-refractivity contribution >= 4 is 46.3 Å². The molecule has 0 aliphatic carbocycles. The molecule has 38 heavy (non-hydrogen) atoms. The number of aromatic nitrogens is 1. The third kappa shape index (κ3) is 6.76. The number of anilines is 2. The second-order valence-corrected chi connectivity index (χ2v) is 10.5. The molecule has 2 aromatic carbocycles. The number of hydrogen-bond donors (Lipinski definition) is 4. The first-order chi connectivity index (χ1) is 18.1. The minimum absolute atomic E-state index is 0.124. The van der Waals surface area contributed by atoms with Crippen molar-refractivity contribution in [2.45, 2.75) is 40.3 Å². The molecule has 0 saturated heterocycles. The van der Waals surface area contributed by atoms with Gasteiger partial charge in [0, 0.05) is 29.5 Å². The van der Waals surface area contributed by atoms with E-state index in [0.29, 0.717) is 21.5 Å². The summed E-state index contributed by atoms with van der Waals surface area (Å²) in [6, 6.07) is 17.2. The summed E-state index contributed by atoms with van der Waals surface area (Å²) in [5.74, 6) is -0.804. The van der Waals surface area contributed by atoms with Gasteiger partial charge in [0.2, 0.25) is 5.91 Å². The standard InChI is InChI=1S/C28H31N5O4S/c1-5-33-25(36)23(16-30-19-12-9-13-20(14-19)31-27(37)28(2,3)4)38-26(33)21(15-29)24(35)32-22(17-34)18-10-7-6-8-11-18/h6-14,16,22,30,34H,5,17H2,1-4H3,(H,31,37)(H,32,35)/b23-16+,26-21-/t22-/m0/s1. The largest absolute Gasteiger partial charge is 0.394 e. The van der Waals surface area contributed by atoms with Crippen LogP contribution in [0.3, 0.4) is 0 Å². The lowest BCUT2D eigenvalue weighted by molar-refractivity contribution is -0.123. The fourth-order valence-corrected chi connectivity index (χ4v) is 4.58. The number of carbonyl (C=O) groups is 2. The van der Waals surface area contributed by atoms with E-state index in [4.69, 9.17) is 0 Å². The van der Waals surface area contributed by atoms with Gasteiger partial charge in [-0.15, -0.1) is 11.3 Å². The molecule has 3 aromatic rings. The topological polar surface area (TPSA) is 136 Å². The molecule has 4 N–H and O–H groups in total. The SMILES string of the molecule is CCn1c(=O)/c(=C\Nc2cccc(NC(=O)C(C)(C)C)c2)s/c1=C(/C#N)C(=O)N[C@@H](CO)c1ccccc1. The number of rotatable bonds is 8. The molecule has 0 aliphatic heterocycles. The molecule has 0 saturated carbocycles. The van der Waals surface area contributed by atoms with E-state index < -0.39 is 17.4 Å². The highest BCUT2D eigenvalue weighted by Gasteiger charge is 2.21. The number of carbonyl (C=O) groups excluding carboxylic acids is 2. The van der Waals surface area contributed by atoms with Gasteiger partial charge >= 0.3 is 0 Å². The maximum absolute atomic E-state index is 13.1. The highest BCUT2D eigenvalue weighted by molar-refractivity contribution is 7.07. The molecule has 0 bridgehead atoms. The molecule has 0 spiro atoms. The van der Waals surface area contributed by atoms with Crippen LogP contribution < -0.4 is 30.7 Å². The number of hydrogen-bond acceptors (Lipinski definition) is 7. The molecular weight excluding hydrogens is 502 g/mol. The molecule has 2 amide bonds. The number of thiazole rings is 1. The van der Waals surface area contributed by atoms with Crippen molar-refractivity contribution in [3.8, 4) is 6.07 Å². The Hall–Kier alpha value is -4.20. The highest BCUT2D eigenvalue weighted by Crippen LogP contribution is 2.20. The lowest BCUT2D eigenvalue weighted by atomic mass is 9.95. The van der Waals surface area contributed by atoms with Gasteiger partial charge in [0.05, 0.1) is 12.6 Å². The predicted octanol–water partition coefficient (Wildman–Crippen LogP) is 2.29. The van der Waals surface area contributed by atoms with Crippen molar-refractivity contribution in [3.05, 3.63) is 79.7 Å². The minimum atomic E-state index is -0.701. The molecule has 0 fully saturated rings. The number of aliphatic hydroxyl groups is 1. The lowest BCUT2D eigenvalue weighted by Crippen LogP contribution is -2.36. The van der Waals surface area contributed by atoms with E-state index in [2.05, 4.69) is 16.0 Å². The Morgan fingerprint density at radius 3 is 2.42 bits per heavy atom. The quantitative estimate of drug-likeness (QED) is 0.351. The summed E-state index contributed by atoms with van der Waals surface area (Å²) in [6.07, 6.45) is 1.51. The first kappa shape index (κ1) is 28.4. The van der Waals surface area contributed by atoms with Crippen LogP contribution in [0.2, 0.25) is 0 Å². The Bertz CT molecular complexity index is 1530. The molecule has 1 heterocycles. The van der Waals surface area contributed by atoms with E-state index in [1.165, 1.54) is 10.8 Å². The maximum atomic E-state index is 13.1. The molecule has 0 aliphatic rings. The summed E-state index contributed by atoms with van der Waals surface area (Å²) >= 11 is 1.02. The third-order valence-corrected chi connectivity index (χ3v) is 6.77. The summed E-state index contributed by atoms with van der Waals surface area (Å²) in [4.78, 5) is 38.4. The van der Waals surface area contributed by atoms with E-state index >= 15 is 0 Å². The van der Waals surface area contributed by atoms with Crippen LogP contribution in [0.25, 0.3) is 11.8 Å². The van der Waals surface area contributed by atoms with E-state index in [9.17, 15) is 24.8 Å². The maximum Gasteiger partial charge on any atom is 0.270 e. The van der Waals surface area contributed by atoms with Crippen molar-refractivity contribution in [1.82, 2.24) is 9.88 Å². The number of nitrogens with zero attached hydrogens (tertiary/aromatic N) is 2. The van der Waals surface area contributed by atoms with Crippen LogP contribution in [0.4, 0.5) is 11.4 Å². The zero-order valence-corrected chi connectivity index (χ0v) is 22.6. The summed E-state index contributed by atoms with van der Waals surface area (Å²) in [7, 11) is 0. The lowest BCUT2D eigenvalue weighted by Gasteiger charge is -2.18. The molecule has 0 radical (unpaired) electrons. The Balaban J connectivity index is 1.94. The third-order valence-electron chi connectivity index (χ3n) is 5.64. The zero-order valence-electron chi connectivity index (χ0n) is 21.7. The van der Waals surface area contributed by atoms with Crippen LogP contribution in [0.15, 0.2) is 59.4 Å². The molecule has 3 rings (SSSR count). The summed E-state index contributed by atoms with van der Waals surface area (Å²) < 4.78 is 1.89.